The summed E-state index contributed by atoms with van der Waals surface area (Å²) in [6.45, 7) is 0. The van der Waals surface area contributed by atoms with Crippen LogP contribution in [0, 0.1) is 0 Å². The molecule has 0 amide bonds. The zero-order chi connectivity index (χ0) is 33.5. The molecule has 0 N–H and O–H groups in total. The molecular formula is C48H30N2O. The number of hydrogen-bond acceptors (Lipinski definition) is 1. The lowest BCUT2D eigenvalue weighted by molar-refractivity contribution is 0.669. The van der Waals surface area contributed by atoms with E-state index in [0.29, 0.717) is 0 Å². The van der Waals surface area contributed by atoms with E-state index in [1.54, 1.807) is 0 Å². The third kappa shape index (κ3) is 4.00. The number of fused-ring (bicyclic) bond motifs is 9. The first-order valence-corrected chi connectivity index (χ1v) is 17.5. The molecule has 0 unspecified atom stereocenters. The largest absolute Gasteiger partial charge is 0.456 e. The molecular weight excluding hydrogens is 621 g/mol. The minimum atomic E-state index is 0.896. The third-order valence-electron chi connectivity index (χ3n) is 10.5. The van der Waals surface area contributed by atoms with Crippen LogP contribution in [-0.2, 0) is 0 Å². The highest BCUT2D eigenvalue weighted by molar-refractivity contribution is 6.21. The molecule has 0 aliphatic heterocycles. The van der Waals surface area contributed by atoms with Crippen molar-refractivity contribution in [3.8, 4) is 33.6 Å². The van der Waals surface area contributed by atoms with Crippen molar-refractivity contribution in [2.24, 2.45) is 0 Å². The fraction of sp³-hybridized carbons (Fsp3) is 0. The molecule has 0 saturated heterocycles. The Hall–Kier alpha value is -6.84. The minimum absolute atomic E-state index is 0.896. The van der Waals surface area contributed by atoms with Crippen LogP contribution in [0.4, 0.5) is 0 Å². The maximum absolute atomic E-state index is 6.36. The van der Waals surface area contributed by atoms with Crippen molar-refractivity contribution in [2.45, 2.75) is 0 Å². The van der Waals surface area contributed by atoms with Gasteiger partial charge in [-0.25, -0.2) is 0 Å². The Morgan fingerprint density at radius 2 is 0.863 bits per heavy atom. The van der Waals surface area contributed by atoms with Gasteiger partial charge in [0, 0.05) is 49.1 Å². The Kier molecular flexibility index (Phi) is 5.96. The predicted octanol–water partition coefficient (Wildman–Crippen LogP) is 13.1. The number of para-hydroxylation sites is 6. The molecule has 0 radical (unpaired) electrons. The molecule has 0 atom stereocenters. The van der Waals surface area contributed by atoms with Crippen LogP contribution >= 0.6 is 0 Å². The molecule has 0 spiro atoms. The molecule has 8 aromatic carbocycles. The molecule has 11 aromatic rings. The van der Waals surface area contributed by atoms with E-state index in [-0.39, 0.29) is 0 Å². The standard InChI is InChI=1S/C48H30N2O/c1-2-15-31(16-3-1)49-42-27-10-6-19-38(42)46-35(21-13-28-43(46)49)37-24-12-23-36-33-18-5-9-26-41(33)50(48(36)37)40-25-8-4-17-32(40)34-22-14-30-45-47(34)39-20-7-11-29-44(39)51-45/h1-30H. The molecule has 3 heteroatoms. The quantitative estimate of drug-likeness (QED) is 0.186. The number of benzene rings is 8. The van der Waals surface area contributed by atoms with E-state index in [2.05, 4.69) is 185 Å². The van der Waals surface area contributed by atoms with Gasteiger partial charge in [-0.05, 0) is 59.7 Å². The molecule has 0 fully saturated rings. The van der Waals surface area contributed by atoms with E-state index in [4.69, 9.17) is 4.42 Å². The highest BCUT2D eigenvalue weighted by Gasteiger charge is 2.23. The van der Waals surface area contributed by atoms with Crippen molar-refractivity contribution in [2.75, 3.05) is 0 Å². The Bertz CT molecular complexity index is 3140. The SMILES string of the molecule is c1ccc(-n2c3ccccc3c3c(-c4cccc5c6ccccc6n(-c6ccccc6-c6cccc7oc8ccccc8c67)c45)cccc32)cc1. The molecule has 0 bridgehead atoms. The van der Waals surface area contributed by atoms with Crippen LogP contribution in [0.25, 0.3) is 99.2 Å². The van der Waals surface area contributed by atoms with E-state index in [1.807, 2.05) is 6.07 Å². The van der Waals surface area contributed by atoms with Crippen molar-refractivity contribution in [1.82, 2.24) is 9.13 Å². The molecule has 0 aliphatic carbocycles. The summed E-state index contributed by atoms with van der Waals surface area (Å²) in [6, 6.07) is 65.4. The second kappa shape index (κ2) is 10.8. The third-order valence-corrected chi connectivity index (χ3v) is 10.5. The lowest BCUT2D eigenvalue weighted by Crippen LogP contribution is -1.99. The molecule has 3 aromatic heterocycles. The summed E-state index contributed by atoms with van der Waals surface area (Å²) in [5.74, 6) is 0. The first-order valence-electron chi connectivity index (χ1n) is 17.5. The average molecular weight is 651 g/mol. The Morgan fingerprint density at radius 3 is 1.73 bits per heavy atom. The van der Waals surface area contributed by atoms with Gasteiger partial charge in [-0.1, -0.05) is 133 Å². The summed E-state index contributed by atoms with van der Waals surface area (Å²) in [7, 11) is 0. The van der Waals surface area contributed by atoms with Gasteiger partial charge in [0.25, 0.3) is 0 Å². The van der Waals surface area contributed by atoms with Crippen LogP contribution in [0.5, 0.6) is 0 Å². The molecule has 3 nitrogen and oxygen atoms in total. The van der Waals surface area contributed by atoms with Crippen molar-refractivity contribution in [1.29, 1.82) is 0 Å². The van der Waals surface area contributed by atoms with Gasteiger partial charge in [0.2, 0.25) is 0 Å². The normalized spacial score (nSPS) is 11.9. The summed E-state index contributed by atoms with van der Waals surface area (Å²) in [6.07, 6.45) is 0. The van der Waals surface area contributed by atoms with Crippen LogP contribution in [0.15, 0.2) is 186 Å². The maximum atomic E-state index is 6.36. The monoisotopic (exact) mass is 650 g/mol. The first kappa shape index (κ1) is 28.0. The fourth-order valence-electron chi connectivity index (χ4n) is 8.48. The summed E-state index contributed by atoms with van der Waals surface area (Å²) in [5.41, 5.74) is 13.6. The molecule has 11 rings (SSSR count). The van der Waals surface area contributed by atoms with Crippen LogP contribution < -0.4 is 0 Å². The molecule has 3 heterocycles. The number of hydrogen-bond donors (Lipinski definition) is 0. The number of furan rings is 1. The molecule has 0 saturated carbocycles. The van der Waals surface area contributed by atoms with Gasteiger partial charge >= 0.3 is 0 Å². The lowest BCUT2D eigenvalue weighted by Gasteiger charge is -2.17. The van der Waals surface area contributed by atoms with E-state index in [1.165, 1.54) is 54.7 Å². The summed E-state index contributed by atoms with van der Waals surface area (Å²) in [4.78, 5) is 0. The molecule has 51 heavy (non-hydrogen) atoms. The smallest absolute Gasteiger partial charge is 0.136 e. The van der Waals surface area contributed by atoms with Gasteiger partial charge in [0.1, 0.15) is 11.2 Å². The van der Waals surface area contributed by atoms with Gasteiger partial charge < -0.3 is 13.6 Å². The fourth-order valence-corrected chi connectivity index (χ4v) is 8.48. The summed E-state index contributed by atoms with van der Waals surface area (Å²) >= 11 is 0. The number of rotatable bonds is 4. The van der Waals surface area contributed by atoms with Crippen LogP contribution in [0.1, 0.15) is 0 Å². The Labute approximate surface area is 293 Å². The highest BCUT2D eigenvalue weighted by Crippen LogP contribution is 2.45. The summed E-state index contributed by atoms with van der Waals surface area (Å²) < 4.78 is 11.3. The second-order valence-corrected chi connectivity index (χ2v) is 13.2. The zero-order valence-electron chi connectivity index (χ0n) is 27.6. The van der Waals surface area contributed by atoms with Gasteiger partial charge in [0.05, 0.1) is 27.8 Å². The van der Waals surface area contributed by atoms with E-state index < -0.39 is 0 Å². The molecule has 238 valence electrons. The summed E-state index contributed by atoms with van der Waals surface area (Å²) in [5, 5.41) is 7.22. The number of nitrogens with zero attached hydrogens (tertiary/aromatic N) is 2. The van der Waals surface area contributed by atoms with Crippen molar-refractivity contribution in [3.05, 3.63) is 182 Å². The first-order chi connectivity index (χ1) is 25.3. The van der Waals surface area contributed by atoms with Gasteiger partial charge in [-0.3, -0.25) is 0 Å². The lowest BCUT2D eigenvalue weighted by atomic mass is 9.96. The Balaban J connectivity index is 1.26. The van der Waals surface area contributed by atoms with Gasteiger partial charge in [-0.2, -0.15) is 0 Å². The molecule has 0 aliphatic rings. The van der Waals surface area contributed by atoms with Crippen LogP contribution in [-0.4, -0.2) is 9.13 Å². The second-order valence-electron chi connectivity index (χ2n) is 13.2. The van der Waals surface area contributed by atoms with Crippen molar-refractivity contribution < 1.29 is 4.42 Å². The van der Waals surface area contributed by atoms with Gasteiger partial charge in [0.15, 0.2) is 0 Å². The minimum Gasteiger partial charge on any atom is -0.456 e. The Morgan fingerprint density at radius 1 is 0.314 bits per heavy atom. The van der Waals surface area contributed by atoms with Crippen LogP contribution in [0.2, 0.25) is 0 Å². The highest BCUT2D eigenvalue weighted by atomic mass is 16.3. The van der Waals surface area contributed by atoms with E-state index in [9.17, 15) is 0 Å². The van der Waals surface area contributed by atoms with E-state index >= 15 is 0 Å². The topological polar surface area (TPSA) is 23.0 Å². The average Bonchev–Trinajstić information content (AvgIpc) is 3.86. The van der Waals surface area contributed by atoms with Gasteiger partial charge in [-0.15, -0.1) is 0 Å². The van der Waals surface area contributed by atoms with Crippen molar-refractivity contribution in [3.63, 3.8) is 0 Å². The predicted molar refractivity (Wildman–Crippen MR) is 213 cm³/mol. The maximum Gasteiger partial charge on any atom is 0.136 e. The van der Waals surface area contributed by atoms with E-state index in [0.717, 1.165) is 44.4 Å². The van der Waals surface area contributed by atoms with Crippen molar-refractivity contribution >= 4 is 65.6 Å². The number of aromatic nitrogens is 2. The zero-order valence-corrected chi connectivity index (χ0v) is 27.6. The van der Waals surface area contributed by atoms with Crippen LogP contribution in [0.3, 0.4) is 0 Å².